The SMILES string of the molecule is O=C(CO/N=C\c1ccccc1Br)N1CCC(Cc2ccccc2)CC1. The van der Waals surface area contributed by atoms with Crippen LogP contribution in [-0.4, -0.2) is 36.7 Å². The summed E-state index contributed by atoms with van der Waals surface area (Å²) in [6, 6.07) is 18.3. The third-order valence-electron chi connectivity index (χ3n) is 4.69. The molecule has 0 N–H and O–H groups in total. The van der Waals surface area contributed by atoms with E-state index in [4.69, 9.17) is 4.84 Å². The number of hydrogen-bond donors (Lipinski definition) is 0. The first-order valence-electron chi connectivity index (χ1n) is 8.94. The van der Waals surface area contributed by atoms with E-state index < -0.39 is 0 Å². The van der Waals surface area contributed by atoms with Crippen molar-refractivity contribution in [3.63, 3.8) is 0 Å². The molecule has 2 aromatic carbocycles. The van der Waals surface area contributed by atoms with E-state index in [9.17, 15) is 4.79 Å². The Morgan fingerprint density at radius 1 is 1.12 bits per heavy atom. The van der Waals surface area contributed by atoms with Crippen LogP contribution in [0.3, 0.4) is 0 Å². The summed E-state index contributed by atoms with van der Waals surface area (Å²) in [5, 5.41) is 3.91. The molecule has 1 saturated heterocycles. The predicted octanol–water partition coefficient (Wildman–Crippen LogP) is 4.28. The monoisotopic (exact) mass is 414 g/mol. The minimum absolute atomic E-state index is 0.00689. The summed E-state index contributed by atoms with van der Waals surface area (Å²) in [5.74, 6) is 0.656. The van der Waals surface area contributed by atoms with Crippen LogP contribution in [0.25, 0.3) is 0 Å². The van der Waals surface area contributed by atoms with E-state index in [1.165, 1.54) is 5.56 Å². The second-order valence-electron chi connectivity index (χ2n) is 6.54. The summed E-state index contributed by atoms with van der Waals surface area (Å²) in [7, 11) is 0. The maximum Gasteiger partial charge on any atom is 0.263 e. The summed E-state index contributed by atoms with van der Waals surface area (Å²) in [5.41, 5.74) is 2.30. The number of carbonyl (C=O) groups excluding carboxylic acids is 1. The number of rotatable bonds is 6. The van der Waals surface area contributed by atoms with E-state index >= 15 is 0 Å². The summed E-state index contributed by atoms with van der Waals surface area (Å²) in [6.07, 6.45) is 4.79. The highest BCUT2D eigenvalue weighted by Gasteiger charge is 2.23. The lowest BCUT2D eigenvalue weighted by Gasteiger charge is -2.31. The van der Waals surface area contributed by atoms with Gasteiger partial charge in [-0.25, -0.2) is 0 Å². The second-order valence-corrected chi connectivity index (χ2v) is 7.40. The van der Waals surface area contributed by atoms with Crippen molar-refractivity contribution < 1.29 is 9.63 Å². The molecule has 26 heavy (non-hydrogen) atoms. The van der Waals surface area contributed by atoms with Gasteiger partial charge in [-0.05, 0) is 36.8 Å². The molecule has 5 heteroatoms. The number of hydrogen-bond acceptors (Lipinski definition) is 3. The molecule has 0 saturated carbocycles. The molecular weight excluding hydrogens is 392 g/mol. The first-order valence-corrected chi connectivity index (χ1v) is 9.73. The Morgan fingerprint density at radius 3 is 2.54 bits per heavy atom. The van der Waals surface area contributed by atoms with Crippen LogP contribution in [0.4, 0.5) is 0 Å². The highest BCUT2D eigenvalue weighted by atomic mass is 79.9. The average molecular weight is 415 g/mol. The van der Waals surface area contributed by atoms with Gasteiger partial charge in [0.1, 0.15) is 0 Å². The number of piperidine rings is 1. The molecule has 1 heterocycles. The topological polar surface area (TPSA) is 41.9 Å². The van der Waals surface area contributed by atoms with E-state index in [2.05, 4.69) is 45.4 Å². The molecule has 0 aliphatic carbocycles. The summed E-state index contributed by atoms with van der Waals surface area (Å²) in [4.78, 5) is 19.3. The normalized spacial score (nSPS) is 15.3. The number of halogens is 1. The highest BCUT2D eigenvalue weighted by molar-refractivity contribution is 9.10. The molecule has 0 spiro atoms. The number of benzene rings is 2. The Labute approximate surface area is 163 Å². The van der Waals surface area contributed by atoms with Crippen molar-refractivity contribution in [3.05, 3.63) is 70.2 Å². The van der Waals surface area contributed by atoms with Gasteiger partial charge in [0, 0.05) is 23.1 Å². The van der Waals surface area contributed by atoms with Crippen LogP contribution in [0.2, 0.25) is 0 Å². The van der Waals surface area contributed by atoms with Gasteiger partial charge < -0.3 is 9.74 Å². The van der Waals surface area contributed by atoms with Gasteiger partial charge >= 0.3 is 0 Å². The maximum absolute atomic E-state index is 12.3. The van der Waals surface area contributed by atoms with Gasteiger partial charge in [-0.2, -0.15) is 0 Å². The molecule has 0 atom stereocenters. The molecule has 3 rings (SSSR count). The zero-order chi connectivity index (χ0) is 18.2. The lowest BCUT2D eigenvalue weighted by molar-refractivity contribution is -0.137. The fourth-order valence-electron chi connectivity index (χ4n) is 3.19. The third-order valence-corrected chi connectivity index (χ3v) is 5.42. The molecule has 0 bridgehead atoms. The molecule has 4 nitrogen and oxygen atoms in total. The molecule has 1 aliphatic rings. The smallest absolute Gasteiger partial charge is 0.263 e. The Hall–Kier alpha value is -2.14. The van der Waals surface area contributed by atoms with Crippen molar-refractivity contribution >= 4 is 28.1 Å². The van der Waals surface area contributed by atoms with E-state index in [0.29, 0.717) is 5.92 Å². The molecule has 0 aromatic heterocycles. The number of likely N-dealkylation sites (tertiary alicyclic amines) is 1. The molecule has 0 radical (unpaired) electrons. The first kappa shape index (κ1) is 18.6. The van der Waals surface area contributed by atoms with E-state index in [1.54, 1.807) is 6.21 Å². The number of oxime groups is 1. The van der Waals surface area contributed by atoms with Crippen LogP contribution in [0.1, 0.15) is 24.0 Å². The van der Waals surface area contributed by atoms with Gasteiger partial charge in [-0.1, -0.05) is 69.6 Å². The Balaban J connectivity index is 1.39. The van der Waals surface area contributed by atoms with Gasteiger partial charge in [0.05, 0.1) is 6.21 Å². The van der Waals surface area contributed by atoms with E-state index in [0.717, 1.165) is 42.4 Å². The van der Waals surface area contributed by atoms with Crippen molar-refractivity contribution in [1.82, 2.24) is 4.90 Å². The average Bonchev–Trinajstić information content (AvgIpc) is 2.68. The summed E-state index contributed by atoms with van der Waals surface area (Å²) < 4.78 is 0.944. The molecule has 1 aliphatic heterocycles. The van der Waals surface area contributed by atoms with Crippen molar-refractivity contribution in [3.8, 4) is 0 Å². The summed E-state index contributed by atoms with van der Waals surface area (Å²) in [6.45, 7) is 1.59. The van der Waals surface area contributed by atoms with Crippen molar-refractivity contribution in [1.29, 1.82) is 0 Å². The quantitative estimate of drug-likeness (QED) is 0.522. The molecule has 136 valence electrons. The van der Waals surface area contributed by atoms with Gasteiger partial charge in [-0.3, -0.25) is 4.79 Å². The van der Waals surface area contributed by atoms with Crippen LogP contribution in [-0.2, 0) is 16.1 Å². The third kappa shape index (κ3) is 5.43. The van der Waals surface area contributed by atoms with Crippen LogP contribution >= 0.6 is 15.9 Å². The minimum Gasteiger partial charge on any atom is -0.386 e. The zero-order valence-corrected chi connectivity index (χ0v) is 16.3. The maximum atomic E-state index is 12.3. The fourth-order valence-corrected chi connectivity index (χ4v) is 3.58. The van der Waals surface area contributed by atoms with Crippen LogP contribution in [0, 0.1) is 5.92 Å². The number of nitrogens with zero attached hydrogens (tertiary/aromatic N) is 2. The Morgan fingerprint density at radius 2 is 1.81 bits per heavy atom. The first-order chi connectivity index (χ1) is 12.7. The van der Waals surface area contributed by atoms with Crippen molar-refractivity contribution in [2.24, 2.45) is 11.1 Å². The van der Waals surface area contributed by atoms with E-state index in [-0.39, 0.29) is 12.5 Å². The second kappa shape index (κ2) is 9.53. The van der Waals surface area contributed by atoms with Crippen molar-refractivity contribution in [2.75, 3.05) is 19.7 Å². The number of carbonyl (C=O) groups is 1. The van der Waals surface area contributed by atoms with Gasteiger partial charge in [0.2, 0.25) is 0 Å². The van der Waals surface area contributed by atoms with Gasteiger partial charge in [-0.15, -0.1) is 0 Å². The molecular formula is C21H23BrN2O2. The molecule has 1 fully saturated rings. The van der Waals surface area contributed by atoms with Gasteiger partial charge in [0.15, 0.2) is 6.61 Å². The standard InChI is InChI=1S/C21H23BrN2O2/c22-20-9-5-4-8-19(20)15-23-26-16-21(25)24-12-10-18(11-13-24)14-17-6-2-1-3-7-17/h1-9,15,18H,10-14,16H2/b23-15-. The van der Waals surface area contributed by atoms with Gasteiger partial charge in [0.25, 0.3) is 5.91 Å². The molecule has 2 aromatic rings. The minimum atomic E-state index is -0.00962. The van der Waals surface area contributed by atoms with Crippen LogP contribution < -0.4 is 0 Å². The fraction of sp³-hybridized carbons (Fsp3) is 0.333. The Kier molecular flexibility index (Phi) is 6.83. The lowest BCUT2D eigenvalue weighted by atomic mass is 9.90. The van der Waals surface area contributed by atoms with Crippen molar-refractivity contribution in [2.45, 2.75) is 19.3 Å². The zero-order valence-electron chi connectivity index (χ0n) is 14.7. The molecule has 0 unspecified atom stereocenters. The summed E-state index contributed by atoms with van der Waals surface area (Å²) >= 11 is 3.45. The Bertz CT molecular complexity index is 741. The largest absolute Gasteiger partial charge is 0.386 e. The molecule has 1 amide bonds. The van der Waals surface area contributed by atoms with Crippen LogP contribution in [0.5, 0.6) is 0 Å². The number of amides is 1. The highest BCUT2D eigenvalue weighted by Crippen LogP contribution is 2.21. The van der Waals surface area contributed by atoms with Crippen LogP contribution in [0.15, 0.2) is 64.2 Å². The predicted molar refractivity (Wildman–Crippen MR) is 107 cm³/mol. The van der Waals surface area contributed by atoms with E-state index in [1.807, 2.05) is 35.2 Å². The lowest BCUT2D eigenvalue weighted by Crippen LogP contribution is -2.40.